The zero-order valence-electron chi connectivity index (χ0n) is 20.8. The van der Waals surface area contributed by atoms with Crippen LogP contribution in [0.1, 0.15) is 42.4 Å². The molecule has 0 aromatic heterocycles. The summed E-state index contributed by atoms with van der Waals surface area (Å²) in [6.07, 6.45) is -0.126. The second-order valence-electron chi connectivity index (χ2n) is 10.2. The summed E-state index contributed by atoms with van der Waals surface area (Å²) in [4.78, 5) is 29.7. The number of alkyl halides is 3. The monoisotopic (exact) mass is 514 g/mol. The van der Waals surface area contributed by atoms with Gasteiger partial charge in [0.05, 0.1) is 0 Å². The Kier molecular flexibility index (Phi) is 7.42. The van der Waals surface area contributed by atoms with Gasteiger partial charge in [0.25, 0.3) is 0 Å². The van der Waals surface area contributed by atoms with Crippen molar-refractivity contribution in [2.24, 2.45) is 0 Å². The molecule has 1 saturated heterocycles. The van der Waals surface area contributed by atoms with Crippen LogP contribution in [0.4, 0.5) is 23.7 Å². The van der Waals surface area contributed by atoms with Crippen molar-refractivity contribution in [2.45, 2.75) is 63.3 Å². The van der Waals surface area contributed by atoms with Crippen molar-refractivity contribution in [1.82, 2.24) is 15.1 Å². The first-order valence-electron chi connectivity index (χ1n) is 13.1. The van der Waals surface area contributed by atoms with E-state index in [1.807, 2.05) is 41.3 Å². The molecule has 0 radical (unpaired) electrons. The van der Waals surface area contributed by atoms with Crippen LogP contribution in [0.5, 0.6) is 0 Å². The smallest absolute Gasteiger partial charge is 0.334 e. The zero-order valence-corrected chi connectivity index (χ0v) is 20.8. The summed E-state index contributed by atoms with van der Waals surface area (Å²) in [5.74, 6) is -1.78. The molecule has 2 heterocycles. The number of halogens is 3. The molecule has 0 spiro atoms. The summed E-state index contributed by atoms with van der Waals surface area (Å²) >= 11 is 0. The van der Waals surface area contributed by atoms with Gasteiger partial charge in [-0.05, 0) is 67.3 Å². The van der Waals surface area contributed by atoms with Crippen molar-refractivity contribution < 1.29 is 22.8 Å². The minimum atomic E-state index is -4.86. The van der Waals surface area contributed by atoms with Crippen molar-refractivity contribution in [1.29, 1.82) is 0 Å². The first-order chi connectivity index (χ1) is 17.8. The van der Waals surface area contributed by atoms with Crippen LogP contribution in [-0.4, -0.2) is 66.2 Å². The highest BCUT2D eigenvalue weighted by atomic mass is 19.4. The highest BCUT2D eigenvalue weighted by Crippen LogP contribution is 2.31. The zero-order chi connectivity index (χ0) is 26.0. The highest BCUT2D eigenvalue weighted by molar-refractivity contribution is 5.94. The van der Waals surface area contributed by atoms with Crippen LogP contribution in [-0.2, 0) is 24.2 Å². The predicted octanol–water partition coefficient (Wildman–Crippen LogP) is 4.52. The maximum Gasteiger partial charge on any atom is 0.471 e. The second-order valence-corrected chi connectivity index (χ2v) is 10.2. The molecule has 3 aliphatic rings. The van der Waals surface area contributed by atoms with Crippen LogP contribution >= 0.6 is 0 Å². The maximum atomic E-state index is 13.3. The molecule has 2 aliphatic heterocycles. The van der Waals surface area contributed by atoms with Crippen molar-refractivity contribution >= 4 is 17.6 Å². The third-order valence-electron chi connectivity index (χ3n) is 7.95. The van der Waals surface area contributed by atoms with E-state index in [2.05, 4.69) is 17.4 Å². The second kappa shape index (κ2) is 10.7. The minimum Gasteiger partial charge on any atom is -0.334 e. The van der Waals surface area contributed by atoms with Gasteiger partial charge >= 0.3 is 18.1 Å². The Labute approximate surface area is 215 Å². The standard InChI is InChI=1S/C28H33F3N4O2/c29-28(30,31)26(36)33-14-12-21-6-9-25(18-22(21)13-15-33)35-17-16-34(27(35)37)24-10-7-23(8-11-24)32-19-20-4-2-1-3-5-20/h1-6,9,18,23-24,32H,7-8,10-17,19H2/t23-,24-. The normalized spacial score (nSPS) is 22.7. The molecule has 1 N–H and O–H groups in total. The summed E-state index contributed by atoms with van der Waals surface area (Å²) < 4.78 is 38.7. The van der Waals surface area contributed by atoms with Crippen molar-refractivity contribution in [3.05, 3.63) is 65.2 Å². The highest BCUT2D eigenvalue weighted by Gasteiger charge is 2.42. The molecular formula is C28H33F3N4O2. The van der Waals surface area contributed by atoms with Gasteiger partial charge in [-0.15, -0.1) is 0 Å². The van der Waals surface area contributed by atoms with Gasteiger partial charge in [0, 0.05) is 50.5 Å². The van der Waals surface area contributed by atoms with E-state index in [0.717, 1.165) is 53.9 Å². The Bertz CT molecular complexity index is 1120. The summed E-state index contributed by atoms with van der Waals surface area (Å²) in [7, 11) is 0. The third kappa shape index (κ3) is 5.76. The van der Waals surface area contributed by atoms with Crippen LogP contribution in [0.15, 0.2) is 48.5 Å². The lowest BCUT2D eigenvalue weighted by atomic mass is 9.90. The fourth-order valence-electron chi connectivity index (χ4n) is 5.84. The number of hydrogen-bond acceptors (Lipinski definition) is 3. The fourth-order valence-corrected chi connectivity index (χ4v) is 5.84. The van der Waals surface area contributed by atoms with Crippen molar-refractivity contribution in [2.75, 3.05) is 31.1 Å². The van der Waals surface area contributed by atoms with Crippen LogP contribution in [0, 0.1) is 0 Å². The molecule has 0 unspecified atom stereocenters. The van der Waals surface area contributed by atoms with Gasteiger partial charge in [0.15, 0.2) is 0 Å². The van der Waals surface area contributed by atoms with E-state index in [-0.39, 0.29) is 25.2 Å². The number of hydrogen-bond donors (Lipinski definition) is 1. The molecule has 2 aromatic rings. The van der Waals surface area contributed by atoms with Crippen LogP contribution in [0.2, 0.25) is 0 Å². The third-order valence-corrected chi connectivity index (χ3v) is 7.95. The first-order valence-corrected chi connectivity index (χ1v) is 13.1. The molecule has 6 nitrogen and oxygen atoms in total. The molecule has 9 heteroatoms. The Morgan fingerprint density at radius 2 is 1.59 bits per heavy atom. The average Bonchev–Trinajstić information content (AvgIpc) is 3.15. The number of anilines is 1. The van der Waals surface area contributed by atoms with Gasteiger partial charge in [-0.1, -0.05) is 36.4 Å². The minimum absolute atomic E-state index is 0.00291. The molecule has 1 aliphatic carbocycles. The van der Waals surface area contributed by atoms with Crippen molar-refractivity contribution in [3.8, 4) is 0 Å². The van der Waals surface area contributed by atoms with E-state index in [1.54, 1.807) is 4.90 Å². The summed E-state index contributed by atoms with van der Waals surface area (Å²) in [6, 6.07) is 16.7. The van der Waals surface area contributed by atoms with E-state index in [4.69, 9.17) is 0 Å². The molecular weight excluding hydrogens is 481 g/mol. The molecule has 198 valence electrons. The van der Waals surface area contributed by atoms with E-state index < -0.39 is 12.1 Å². The van der Waals surface area contributed by atoms with Gasteiger partial charge < -0.3 is 15.1 Å². The van der Waals surface area contributed by atoms with E-state index in [0.29, 0.717) is 32.0 Å². The molecule has 0 atom stereocenters. The predicted molar refractivity (Wildman–Crippen MR) is 135 cm³/mol. The molecule has 37 heavy (non-hydrogen) atoms. The molecule has 2 aromatic carbocycles. The number of carbonyl (C=O) groups is 2. The molecule has 1 saturated carbocycles. The Balaban J connectivity index is 1.16. The number of nitrogens with one attached hydrogen (secondary N) is 1. The molecule has 0 bridgehead atoms. The molecule has 5 rings (SSSR count). The van der Waals surface area contributed by atoms with Gasteiger partial charge in [-0.3, -0.25) is 9.69 Å². The van der Waals surface area contributed by atoms with E-state index >= 15 is 0 Å². The topological polar surface area (TPSA) is 55.9 Å². The fraction of sp³-hybridized carbons (Fsp3) is 0.500. The van der Waals surface area contributed by atoms with Gasteiger partial charge in [0.1, 0.15) is 0 Å². The summed E-state index contributed by atoms with van der Waals surface area (Å²) in [5.41, 5.74) is 3.90. The van der Waals surface area contributed by atoms with Crippen LogP contribution in [0.25, 0.3) is 0 Å². The van der Waals surface area contributed by atoms with E-state index in [9.17, 15) is 22.8 Å². The quantitative estimate of drug-likeness (QED) is 0.639. The largest absolute Gasteiger partial charge is 0.471 e. The maximum absolute atomic E-state index is 13.3. The van der Waals surface area contributed by atoms with Crippen LogP contribution in [0.3, 0.4) is 0 Å². The molecule has 2 fully saturated rings. The lowest BCUT2D eigenvalue weighted by molar-refractivity contribution is -0.185. The number of nitrogens with zero attached hydrogens (tertiary/aromatic N) is 3. The molecule has 3 amide bonds. The number of fused-ring (bicyclic) bond motifs is 1. The number of carbonyl (C=O) groups excluding carboxylic acids is 2. The van der Waals surface area contributed by atoms with Gasteiger partial charge in [-0.25, -0.2) is 4.79 Å². The average molecular weight is 515 g/mol. The van der Waals surface area contributed by atoms with E-state index in [1.165, 1.54) is 5.56 Å². The lowest BCUT2D eigenvalue weighted by Gasteiger charge is -2.35. The van der Waals surface area contributed by atoms with Crippen LogP contribution < -0.4 is 10.2 Å². The Morgan fingerprint density at radius 1 is 0.892 bits per heavy atom. The van der Waals surface area contributed by atoms with Crippen molar-refractivity contribution in [3.63, 3.8) is 0 Å². The Hall–Kier alpha value is -3.07. The number of amides is 3. The number of benzene rings is 2. The SMILES string of the molecule is O=C1N(c2ccc3c(c2)CCN(C(=O)C(F)(F)F)CC3)CCN1[C@H]1CC[C@H](NCc2ccccc2)CC1. The lowest BCUT2D eigenvalue weighted by Crippen LogP contribution is -2.44. The van der Waals surface area contributed by atoms with Gasteiger partial charge in [-0.2, -0.15) is 13.2 Å². The van der Waals surface area contributed by atoms with Gasteiger partial charge in [0.2, 0.25) is 0 Å². The first kappa shape index (κ1) is 25.6. The number of rotatable bonds is 5. The Morgan fingerprint density at radius 3 is 2.30 bits per heavy atom. The summed E-state index contributed by atoms with van der Waals surface area (Å²) in [6.45, 7) is 2.20. The number of urea groups is 1. The summed E-state index contributed by atoms with van der Waals surface area (Å²) in [5, 5.41) is 3.65.